The van der Waals surface area contributed by atoms with Gasteiger partial charge >= 0.3 is 0 Å². The van der Waals surface area contributed by atoms with Crippen LogP contribution in [0.1, 0.15) is 5.82 Å². The number of hydrogen-bond donors (Lipinski definition) is 2. The topological polar surface area (TPSA) is 115 Å². The number of nitrogens with zero attached hydrogens (tertiary/aromatic N) is 5. The van der Waals surface area contributed by atoms with Crippen molar-refractivity contribution in [1.29, 1.82) is 0 Å². The molecule has 2 N–H and O–H groups in total. The van der Waals surface area contributed by atoms with Gasteiger partial charge < -0.3 is 24.6 Å². The maximum atomic E-state index is 12.6. The van der Waals surface area contributed by atoms with Gasteiger partial charge in [0.05, 0.1) is 18.9 Å². The van der Waals surface area contributed by atoms with Crippen molar-refractivity contribution in [2.45, 2.75) is 45.4 Å². The molecule has 0 aliphatic carbocycles. The molecule has 3 rings (SSSR count). The molecular formula is C24H34N6O4Si. The lowest BCUT2D eigenvalue weighted by atomic mass is 10.1. The first-order valence-electron chi connectivity index (χ1n) is 11.5. The molecule has 188 valence electrons. The van der Waals surface area contributed by atoms with Gasteiger partial charge in [-0.25, -0.2) is 4.98 Å². The number of nitrogens with one attached hydrogen (secondary N) is 1. The lowest BCUT2D eigenvalue weighted by Crippen LogP contribution is -2.39. The smallest absolute Gasteiger partial charge is 0.256 e. The van der Waals surface area contributed by atoms with Gasteiger partial charge in [0.25, 0.3) is 5.91 Å². The minimum atomic E-state index is -1.44. The number of carbonyl (C=O) groups is 2. The average molecular weight is 499 g/mol. The molecule has 0 aliphatic rings. The highest BCUT2D eigenvalue weighted by molar-refractivity contribution is 6.76. The van der Waals surface area contributed by atoms with E-state index >= 15 is 0 Å². The first kappa shape index (κ1) is 26.3. The van der Waals surface area contributed by atoms with Crippen molar-refractivity contribution in [3.63, 3.8) is 0 Å². The monoisotopic (exact) mass is 498 g/mol. The second kappa shape index (κ2) is 11.4. The second-order valence-electron chi connectivity index (χ2n) is 9.71. The van der Waals surface area contributed by atoms with E-state index in [-0.39, 0.29) is 6.54 Å². The van der Waals surface area contributed by atoms with Crippen LogP contribution in [-0.2, 0) is 28.1 Å². The largest absolute Gasteiger partial charge is 0.381 e. The first-order chi connectivity index (χ1) is 16.6. The van der Waals surface area contributed by atoms with Crippen LogP contribution < -0.4 is 10.2 Å². The molecule has 1 aromatic carbocycles. The number of aryl methyl sites for hydroxylation is 2. The van der Waals surface area contributed by atoms with Crippen LogP contribution in [0.2, 0.25) is 25.7 Å². The molecule has 2 aromatic heterocycles. The summed E-state index contributed by atoms with van der Waals surface area (Å²) >= 11 is 0. The zero-order valence-electron chi connectivity index (χ0n) is 20.9. The molecule has 35 heavy (non-hydrogen) atoms. The summed E-state index contributed by atoms with van der Waals surface area (Å²) in [6, 6.07) is 8.33. The van der Waals surface area contributed by atoms with Gasteiger partial charge in [-0.3, -0.25) is 14.3 Å². The van der Waals surface area contributed by atoms with E-state index < -0.39 is 20.1 Å². The first-order valence-corrected chi connectivity index (χ1v) is 15.2. The van der Waals surface area contributed by atoms with Crippen LogP contribution >= 0.6 is 0 Å². The SMILES string of the molecule is Cc1nc(NC(=O)[C@@H](O)CN(C=O)c2cccc(-c3cnn(C)c3)c2)cn1COCC[Si](C)(C)C. The maximum Gasteiger partial charge on any atom is 0.256 e. The number of carbonyl (C=O) groups excluding carboxylic acids is 2. The van der Waals surface area contributed by atoms with Gasteiger partial charge in [0.1, 0.15) is 12.6 Å². The molecule has 3 aromatic rings. The highest BCUT2D eigenvalue weighted by Crippen LogP contribution is 2.24. The molecule has 11 heteroatoms. The van der Waals surface area contributed by atoms with E-state index in [9.17, 15) is 14.7 Å². The number of amides is 2. The zero-order chi connectivity index (χ0) is 25.6. The fourth-order valence-electron chi connectivity index (χ4n) is 3.36. The molecular weight excluding hydrogens is 464 g/mol. The molecule has 0 saturated carbocycles. The molecule has 0 spiro atoms. The van der Waals surface area contributed by atoms with Crippen molar-refractivity contribution in [2.75, 3.05) is 23.4 Å². The van der Waals surface area contributed by atoms with Crippen molar-refractivity contribution in [1.82, 2.24) is 19.3 Å². The summed E-state index contributed by atoms with van der Waals surface area (Å²) in [7, 11) is 0.659. The Morgan fingerprint density at radius 2 is 2.06 bits per heavy atom. The van der Waals surface area contributed by atoms with Crippen molar-refractivity contribution in [3.8, 4) is 11.1 Å². The van der Waals surface area contributed by atoms with Crippen LogP contribution in [0.25, 0.3) is 11.1 Å². The lowest BCUT2D eigenvalue weighted by Gasteiger charge is -2.21. The number of anilines is 2. The molecule has 0 aliphatic heterocycles. The molecule has 2 heterocycles. The Balaban J connectivity index is 1.58. The van der Waals surface area contributed by atoms with Gasteiger partial charge in [-0.05, 0) is 30.7 Å². The number of imidazole rings is 1. The van der Waals surface area contributed by atoms with Crippen LogP contribution in [0.4, 0.5) is 11.5 Å². The van der Waals surface area contributed by atoms with Gasteiger partial charge in [0.2, 0.25) is 6.41 Å². The van der Waals surface area contributed by atoms with Gasteiger partial charge in [0, 0.05) is 39.2 Å². The normalized spacial score (nSPS) is 12.4. The predicted molar refractivity (Wildman–Crippen MR) is 138 cm³/mol. The fourth-order valence-corrected chi connectivity index (χ4v) is 4.12. The predicted octanol–water partition coefficient (Wildman–Crippen LogP) is 2.87. The van der Waals surface area contributed by atoms with Crippen molar-refractivity contribution < 1.29 is 19.4 Å². The lowest BCUT2D eigenvalue weighted by molar-refractivity contribution is -0.123. The summed E-state index contributed by atoms with van der Waals surface area (Å²) in [5.74, 6) is 0.352. The molecule has 2 amide bonds. The van der Waals surface area contributed by atoms with Gasteiger partial charge in [0.15, 0.2) is 11.9 Å². The van der Waals surface area contributed by atoms with E-state index in [2.05, 4.69) is 35.0 Å². The molecule has 1 atom stereocenters. The molecule has 0 unspecified atom stereocenters. The quantitative estimate of drug-likeness (QED) is 0.225. The molecule has 0 saturated heterocycles. The molecule has 0 bridgehead atoms. The van der Waals surface area contributed by atoms with E-state index in [4.69, 9.17) is 4.74 Å². The molecule has 0 radical (unpaired) electrons. The Morgan fingerprint density at radius 1 is 1.29 bits per heavy atom. The Bertz CT molecular complexity index is 1150. The Morgan fingerprint density at radius 3 is 2.71 bits per heavy atom. The van der Waals surface area contributed by atoms with E-state index in [1.54, 1.807) is 27.7 Å². The van der Waals surface area contributed by atoms with Crippen LogP contribution in [0.5, 0.6) is 0 Å². The van der Waals surface area contributed by atoms with E-state index in [0.29, 0.717) is 37.1 Å². The third kappa shape index (κ3) is 7.60. The number of ether oxygens (including phenoxy) is 1. The second-order valence-corrected chi connectivity index (χ2v) is 15.3. The van der Waals surface area contributed by atoms with Crippen molar-refractivity contribution in [2.24, 2.45) is 7.05 Å². The number of hydrogen-bond acceptors (Lipinski definition) is 6. The molecule has 10 nitrogen and oxygen atoms in total. The number of aliphatic hydroxyl groups is 1. The highest BCUT2D eigenvalue weighted by atomic mass is 28.3. The third-order valence-corrected chi connectivity index (χ3v) is 7.17. The van der Waals surface area contributed by atoms with Crippen LogP contribution in [0, 0.1) is 6.92 Å². The standard InChI is InChI=1S/C24H34N6O4Si/c1-18-26-23(15-30(18)17-34-9-10-35(3,4)5)27-24(33)22(32)14-29(16-31)21-8-6-7-19(11-21)20-12-25-28(2)13-20/h6-8,11-13,15-16,22,32H,9-10,14,17H2,1-5H3,(H,27,33)/t22-/m0/s1. The zero-order valence-corrected chi connectivity index (χ0v) is 21.9. The van der Waals surface area contributed by atoms with E-state index in [1.165, 1.54) is 4.90 Å². The van der Waals surface area contributed by atoms with Crippen molar-refractivity contribution in [3.05, 3.63) is 48.7 Å². The summed E-state index contributed by atoms with van der Waals surface area (Å²) in [5.41, 5.74) is 2.33. The summed E-state index contributed by atoms with van der Waals surface area (Å²) in [5, 5.41) is 17.3. The minimum Gasteiger partial charge on any atom is -0.381 e. The minimum absolute atomic E-state index is 0.203. The van der Waals surface area contributed by atoms with E-state index in [1.807, 2.05) is 38.4 Å². The third-order valence-electron chi connectivity index (χ3n) is 5.47. The average Bonchev–Trinajstić information content (AvgIpc) is 3.39. The van der Waals surface area contributed by atoms with Crippen LogP contribution in [-0.4, -0.2) is 64.1 Å². The summed E-state index contributed by atoms with van der Waals surface area (Å²) < 4.78 is 9.24. The van der Waals surface area contributed by atoms with Gasteiger partial charge in [-0.2, -0.15) is 5.10 Å². The van der Waals surface area contributed by atoms with Crippen LogP contribution in [0.15, 0.2) is 42.9 Å². The number of benzene rings is 1. The number of aliphatic hydroxyl groups excluding tert-OH is 1. The maximum absolute atomic E-state index is 12.6. The summed E-state index contributed by atoms with van der Waals surface area (Å²) in [4.78, 5) is 30.0. The molecule has 0 fully saturated rings. The van der Waals surface area contributed by atoms with Crippen LogP contribution in [0.3, 0.4) is 0 Å². The number of aromatic nitrogens is 4. The van der Waals surface area contributed by atoms with Crippen molar-refractivity contribution >= 4 is 31.9 Å². The summed E-state index contributed by atoms with van der Waals surface area (Å²) in [6.07, 6.45) is 4.41. The highest BCUT2D eigenvalue weighted by Gasteiger charge is 2.21. The van der Waals surface area contributed by atoms with Gasteiger partial charge in [-0.15, -0.1) is 0 Å². The van der Waals surface area contributed by atoms with Gasteiger partial charge in [-0.1, -0.05) is 31.8 Å². The van der Waals surface area contributed by atoms with E-state index in [0.717, 1.165) is 17.2 Å². The number of rotatable bonds is 12. The fraction of sp³-hybridized carbons (Fsp3) is 0.417. The Labute approximate surface area is 206 Å². The Kier molecular flexibility index (Phi) is 8.60. The Hall–Kier alpha value is -3.28. The summed E-state index contributed by atoms with van der Waals surface area (Å²) in [6.45, 7) is 9.51.